The van der Waals surface area contributed by atoms with Crippen LogP contribution in [0.3, 0.4) is 0 Å². The van der Waals surface area contributed by atoms with Crippen LogP contribution in [0.15, 0.2) is 109 Å². The first-order valence-electron chi connectivity index (χ1n) is 10.8. The summed E-state index contributed by atoms with van der Waals surface area (Å²) >= 11 is 0. The zero-order valence-electron chi connectivity index (χ0n) is 18.8. The Morgan fingerprint density at radius 3 is 1.23 bits per heavy atom. The van der Waals surface area contributed by atoms with Gasteiger partial charge in [-0.25, -0.2) is 0 Å². The maximum atomic E-state index is 2.28. The number of nitrogens with zero attached hydrogens (tertiary/aromatic N) is 2. The van der Waals surface area contributed by atoms with Crippen LogP contribution in [0.25, 0.3) is 0 Å². The maximum Gasteiger partial charge on any atom is 0.0463 e. The van der Waals surface area contributed by atoms with Gasteiger partial charge in [-0.3, -0.25) is 0 Å². The fourth-order valence-electron chi connectivity index (χ4n) is 3.76. The van der Waals surface area contributed by atoms with Crippen molar-refractivity contribution in [1.29, 1.82) is 0 Å². The first-order chi connectivity index (χ1) is 14.9. The van der Waals surface area contributed by atoms with Gasteiger partial charge in [0.15, 0.2) is 0 Å². The van der Waals surface area contributed by atoms with E-state index in [9.17, 15) is 0 Å². The molecular weight excluding hydrogens is 376 g/mol. The van der Waals surface area contributed by atoms with E-state index >= 15 is 0 Å². The number of hydrogen-bond donors (Lipinski definition) is 0. The Kier molecular flexibility index (Phi) is 5.81. The Labute approximate surface area is 186 Å². The van der Waals surface area contributed by atoms with E-state index < -0.39 is 0 Å². The van der Waals surface area contributed by atoms with E-state index in [-0.39, 0.29) is 5.41 Å². The van der Waals surface area contributed by atoms with Crippen LogP contribution in [0.5, 0.6) is 0 Å². The second kappa shape index (κ2) is 8.69. The average molecular weight is 407 g/mol. The third-order valence-corrected chi connectivity index (χ3v) is 5.64. The number of rotatable bonds is 5. The molecule has 0 atom stereocenters. The summed E-state index contributed by atoms with van der Waals surface area (Å²) in [6.45, 7) is 6.74. The molecule has 31 heavy (non-hydrogen) atoms. The normalized spacial score (nSPS) is 11.2. The molecule has 0 fully saturated rings. The van der Waals surface area contributed by atoms with Gasteiger partial charge in [-0.15, -0.1) is 0 Å². The summed E-state index contributed by atoms with van der Waals surface area (Å²) in [5, 5.41) is 0. The molecule has 2 nitrogen and oxygen atoms in total. The highest BCUT2D eigenvalue weighted by Gasteiger charge is 2.15. The molecule has 156 valence electrons. The molecule has 0 N–H and O–H groups in total. The van der Waals surface area contributed by atoms with Crippen molar-refractivity contribution in [2.45, 2.75) is 26.2 Å². The van der Waals surface area contributed by atoms with Gasteiger partial charge in [0.2, 0.25) is 0 Å². The summed E-state index contributed by atoms with van der Waals surface area (Å²) in [7, 11) is 2.12. The molecule has 2 heteroatoms. The smallest absolute Gasteiger partial charge is 0.0463 e. The first-order valence-corrected chi connectivity index (χ1v) is 10.8. The van der Waals surface area contributed by atoms with Gasteiger partial charge < -0.3 is 9.80 Å². The van der Waals surface area contributed by atoms with Crippen LogP contribution in [0.1, 0.15) is 26.3 Å². The monoisotopic (exact) mass is 406 g/mol. The minimum absolute atomic E-state index is 0.164. The Hall–Kier alpha value is -3.52. The van der Waals surface area contributed by atoms with Gasteiger partial charge >= 0.3 is 0 Å². The zero-order valence-corrected chi connectivity index (χ0v) is 18.8. The van der Waals surface area contributed by atoms with Crippen molar-refractivity contribution in [2.75, 3.05) is 16.8 Å². The molecule has 0 bridgehead atoms. The second-order valence-corrected chi connectivity index (χ2v) is 8.88. The number of anilines is 5. The van der Waals surface area contributed by atoms with Crippen LogP contribution in [-0.2, 0) is 5.41 Å². The lowest BCUT2D eigenvalue weighted by molar-refractivity contribution is 0.590. The van der Waals surface area contributed by atoms with Crippen molar-refractivity contribution in [3.63, 3.8) is 0 Å². The lowest BCUT2D eigenvalue weighted by Crippen LogP contribution is -2.13. The lowest BCUT2D eigenvalue weighted by Gasteiger charge is -2.27. The summed E-state index contributed by atoms with van der Waals surface area (Å²) in [6, 6.07) is 38.6. The highest BCUT2D eigenvalue weighted by atomic mass is 15.1. The maximum absolute atomic E-state index is 2.28. The van der Waals surface area contributed by atoms with Crippen LogP contribution < -0.4 is 9.80 Å². The van der Waals surface area contributed by atoms with E-state index in [4.69, 9.17) is 0 Å². The highest BCUT2D eigenvalue weighted by Crippen LogP contribution is 2.36. The molecule has 0 heterocycles. The third-order valence-electron chi connectivity index (χ3n) is 5.64. The van der Waals surface area contributed by atoms with Crippen LogP contribution in [0.4, 0.5) is 28.4 Å². The van der Waals surface area contributed by atoms with E-state index in [1.807, 2.05) is 0 Å². The summed E-state index contributed by atoms with van der Waals surface area (Å²) < 4.78 is 0. The molecule has 0 aliphatic heterocycles. The van der Waals surface area contributed by atoms with Crippen molar-refractivity contribution in [3.05, 3.63) is 115 Å². The summed E-state index contributed by atoms with van der Waals surface area (Å²) in [5.74, 6) is 0. The Bertz CT molecular complexity index is 1050. The number of hydrogen-bond acceptors (Lipinski definition) is 2. The van der Waals surface area contributed by atoms with Crippen molar-refractivity contribution in [2.24, 2.45) is 0 Å². The predicted octanol–water partition coefficient (Wildman–Crippen LogP) is 8.22. The van der Waals surface area contributed by atoms with Gasteiger partial charge in [-0.05, 0) is 71.6 Å². The average Bonchev–Trinajstić information content (AvgIpc) is 2.80. The minimum atomic E-state index is 0.164. The number of para-hydroxylation sites is 2. The van der Waals surface area contributed by atoms with Crippen LogP contribution in [-0.4, -0.2) is 7.05 Å². The summed E-state index contributed by atoms with van der Waals surface area (Å²) in [6.07, 6.45) is 0. The van der Waals surface area contributed by atoms with Crippen LogP contribution in [0, 0.1) is 0 Å². The van der Waals surface area contributed by atoms with E-state index in [0.717, 1.165) is 22.7 Å². The van der Waals surface area contributed by atoms with Gasteiger partial charge in [0.05, 0.1) is 0 Å². The zero-order chi connectivity index (χ0) is 21.8. The van der Waals surface area contributed by atoms with Gasteiger partial charge in [0.25, 0.3) is 0 Å². The Morgan fingerprint density at radius 2 is 0.806 bits per heavy atom. The van der Waals surface area contributed by atoms with Gasteiger partial charge in [0, 0.05) is 35.5 Å². The van der Waals surface area contributed by atoms with E-state index in [1.165, 1.54) is 11.3 Å². The predicted molar refractivity (Wildman–Crippen MR) is 134 cm³/mol. The molecular formula is C29H30N2. The molecule has 0 saturated carbocycles. The first kappa shape index (κ1) is 20.7. The van der Waals surface area contributed by atoms with E-state index in [1.54, 1.807) is 0 Å². The molecule has 0 aromatic heterocycles. The van der Waals surface area contributed by atoms with Gasteiger partial charge in [-0.2, -0.15) is 0 Å². The fourth-order valence-corrected chi connectivity index (χ4v) is 3.76. The molecule has 0 aliphatic rings. The van der Waals surface area contributed by atoms with Crippen molar-refractivity contribution in [3.8, 4) is 0 Å². The Morgan fingerprint density at radius 1 is 0.452 bits per heavy atom. The SMILES string of the molecule is CN(c1ccc(N(c2ccccc2)c2ccccc2)cc1)c1ccc(C(C)(C)C)cc1. The lowest BCUT2D eigenvalue weighted by atomic mass is 9.87. The number of benzene rings is 4. The molecule has 0 amide bonds. The minimum Gasteiger partial charge on any atom is -0.345 e. The topological polar surface area (TPSA) is 6.48 Å². The fraction of sp³-hybridized carbons (Fsp3) is 0.172. The van der Waals surface area contributed by atoms with Gasteiger partial charge in [0.1, 0.15) is 0 Å². The standard InChI is InChI=1S/C29H30N2/c1-29(2,3)23-15-17-24(18-16-23)30(4)25-19-21-28(22-20-25)31(26-11-7-5-8-12-26)27-13-9-6-10-14-27/h5-22H,1-4H3. The molecule has 0 saturated heterocycles. The largest absolute Gasteiger partial charge is 0.345 e. The highest BCUT2D eigenvalue weighted by molar-refractivity contribution is 5.77. The molecule has 0 aliphatic carbocycles. The quantitative estimate of drug-likeness (QED) is 0.329. The summed E-state index contributed by atoms with van der Waals surface area (Å²) in [4.78, 5) is 4.51. The van der Waals surface area contributed by atoms with E-state index in [2.05, 4.69) is 147 Å². The third kappa shape index (κ3) is 4.64. The van der Waals surface area contributed by atoms with Crippen LogP contribution in [0.2, 0.25) is 0 Å². The molecule has 4 rings (SSSR count). The molecule has 0 unspecified atom stereocenters. The van der Waals surface area contributed by atoms with Crippen molar-refractivity contribution in [1.82, 2.24) is 0 Å². The molecule has 0 radical (unpaired) electrons. The van der Waals surface area contributed by atoms with Crippen LogP contribution >= 0.6 is 0 Å². The molecule has 0 spiro atoms. The Balaban J connectivity index is 1.63. The molecule has 4 aromatic carbocycles. The second-order valence-electron chi connectivity index (χ2n) is 8.88. The van der Waals surface area contributed by atoms with Crippen molar-refractivity contribution < 1.29 is 0 Å². The summed E-state index contributed by atoms with van der Waals surface area (Å²) in [5.41, 5.74) is 7.29. The van der Waals surface area contributed by atoms with Gasteiger partial charge in [-0.1, -0.05) is 69.3 Å². The van der Waals surface area contributed by atoms with E-state index in [0.29, 0.717) is 0 Å². The molecule has 4 aromatic rings. The van der Waals surface area contributed by atoms with Crippen molar-refractivity contribution >= 4 is 28.4 Å².